The lowest BCUT2D eigenvalue weighted by atomic mass is 10.1. The fraction of sp³-hybridized carbons (Fsp3) is 0.650. The van der Waals surface area contributed by atoms with E-state index in [1.54, 1.807) is 7.11 Å². The van der Waals surface area contributed by atoms with Crippen LogP contribution in [-0.2, 0) is 4.74 Å². The third kappa shape index (κ3) is 6.59. The number of nitrogens with one attached hydrogen (secondary N) is 1. The summed E-state index contributed by atoms with van der Waals surface area (Å²) in [7, 11) is 1.62. The van der Waals surface area contributed by atoms with Crippen molar-refractivity contribution >= 4 is 29.4 Å². The van der Waals surface area contributed by atoms with Gasteiger partial charge in [0.25, 0.3) is 5.91 Å². The van der Waals surface area contributed by atoms with E-state index in [1.165, 1.54) is 23.0 Å². The number of hydrogen-bond acceptors (Lipinski definition) is 6. The first-order valence-electron chi connectivity index (χ1n) is 9.69. The van der Waals surface area contributed by atoms with Gasteiger partial charge < -0.3 is 14.8 Å². The third-order valence-electron chi connectivity index (χ3n) is 4.98. The molecule has 0 saturated carbocycles. The molecule has 150 valence electrons. The molecule has 0 spiro atoms. The summed E-state index contributed by atoms with van der Waals surface area (Å²) in [4.78, 5) is 14.8. The summed E-state index contributed by atoms with van der Waals surface area (Å²) >= 11 is 4.19. The molecule has 7 heteroatoms. The Bertz CT molecular complexity index is 586. The van der Waals surface area contributed by atoms with E-state index < -0.39 is 0 Å². The van der Waals surface area contributed by atoms with E-state index >= 15 is 0 Å². The molecule has 0 radical (unpaired) electrons. The summed E-state index contributed by atoms with van der Waals surface area (Å²) in [5.74, 6) is 5.80. The van der Waals surface area contributed by atoms with Crippen molar-refractivity contribution in [3.63, 3.8) is 0 Å². The molecule has 0 atom stereocenters. The number of amides is 1. The van der Waals surface area contributed by atoms with E-state index in [2.05, 4.69) is 33.7 Å². The molecule has 1 N–H and O–H groups in total. The highest BCUT2D eigenvalue weighted by molar-refractivity contribution is 8.03. The van der Waals surface area contributed by atoms with E-state index in [9.17, 15) is 4.79 Å². The molecule has 0 unspecified atom stereocenters. The Balaban J connectivity index is 1.47. The van der Waals surface area contributed by atoms with Gasteiger partial charge in [-0.25, -0.2) is 0 Å². The second kappa shape index (κ2) is 11.2. The maximum Gasteiger partial charge on any atom is 0.251 e. The Morgan fingerprint density at radius 1 is 1.22 bits per heavy atom. The molecule has 3 rings (SSSR count). The van der Waals surface area contributed by atoms with Crippen LogP contribution in [0.4, 0.5) is 0 Å². The van der Waals surface area contributed by atoms with E-state index in [1.807, 2.05) is 24.3 Å². The maximum atomic E-state index is 12.2. The molecule has 0 aliphatic carbocycles. The molecule has 27 heavy (non-hydrogen) atoms. The third-order valence-corrected chi connectivity index (χ3v) is 7.46. The van der Waals surface area contributed by atoms with Gasteiger partial charge in [-0.15, -0.1) is 0 Å². The van der Waals surface area contributed by atoms with Gasteiger partial charge in [-0.05, 0) is 31.0 Å². The minimum atomic E-state index is -0.0873. The summed E-state index contributed by atoms with van der Waals surface area (Å²) in [6, 6.07) is 8.20. The monoisotopic (exact) mass is 410 g/mol. The Labute approximate surface area is 170 Å². The molecule has 0 aromatic heterocycles. The highest BCUT2D eigenvalue weighted by Gasteiger charge is 2.27. The minimum absolute atomic E-state index is 0.0873. The number of hydrogen-bond donors (Lipinski definition) is 1. The minimum Gasteiger partial charge on any atom is -0.490 e. The van der Waals surface area contributed by atoms with Crippen molar-refractivity contribution in [1.29, 1.82) is 0 Å². The molecule has 1 aromatic carbocycles. The van der Waals surface area contributed by atoms with Crippen molar-refractivity contribution in [2.45, 2.75) is 25.0 Å². The van der Waals surface area contributed by atoms with Crippen LogP contribution in [0, 0.1) is 0 Å². The number of thioether (sulfide) groups is 2. The number of ether oxygens (including phenoxy) is 2. The summed E-state index contributed by atoms with van der Waals surface area (Å²) < 4.78 is 11.2. The first-order chi connectivity index (χ1) is 13.3. The first kappa shape index (κ1) is 20.8. The van der Waals surface area contributed by atoms with Crippen LogP contribution < -0.4 is 10.1 Å². The molecular weight excluding hydrogens is 380 g/mol. The van der Waals surface area contributed by atoms with Crippen LogP contribution in [0.15, 0.2) is 24.3 Å². The number of rotatable bonds is 7. The zero-order valence-corrected chi connectivity index (χ0v) is 17.7. The van der Waals surface area contributed by atoms with Crippen molar-refractivity contribution in [2.75, 3.05) is 56.4 Å². The SMILES string of the molecule is COCCNC(=O)c1cccc(OC2CCN(C3CSCCSC3)CC2)c1. The molecule has 2 saturated heterocycles. The van der Waals surface area contributed by atoms with Crippen LogP contribution in [0.3, 0.4) is 0 Å². The molecule has 0 bridgehead atoms. The zero-order chi connectivity index (χ0) is 18.9. The Hall–Kier alpha value is -0.890. The molecule has 2 aliphatic heterocycles. The molecule has 2 aliphatic rings. The Kier molecular flexibility index (Phi) is 8.64. The van der Waals surface area contributed by atoms with Gasteiger partial charge >= 0.3 is 0 Å². The van der Waals surface area contributed by atoms with Crippen LogP contribution in [0.25, 0.3) is 0 Å². The fourth-order valence-electron chi connectivity index (χ4n) is 3.45. The lowest BCUT2D eigenvalue weighted by Gasteiger charge is -2.37. The van der Waals surface area contributed by atoms with Gasteiger partial charge in [0.1, 0.15) is 11.9 Å². The summed E-state index contributed by atoms with van der Waals surface area (Å²) in [5.41, 5.74) is 0.633. The van der Waals surface area contributed by atoms with Crippen molar-refractivity contribution in [2.24, 2.45) is 0 Å². The molecule has 2 fully saturated rings. The van der Waals surface area contributed by atoms with Crippen molar-refractivity contribution in [3.8, 4) is 5.75 Å². The van der Waals surface area contributed by atoms with Crippen LogP contribution in [-0.4, -0.2) is 79.3 Å². The van der Waals surface area contributed by atoms with Gasteiger partial charge in [0, 0.05) is 61.4 Å². The summed E-state index contributed by atoms with van der Waals surface area (Å²) in [5, 5.41) is 2.85. The number of piperidine rings is 1. The molecule has 1 amide bonds. The van der Waals surface area contributed by atoms with Gasteiger partial charge in [-0.2, -0.15) is 23.5 Å². The van der Waals surface area contributed by atoms with Gasteiger partial charge in [-0.1, -0.05) is 6.07 Å². The maximum absolute atomic E-state index is 12.2. The van der Waals surface area contributed by atoms with E-state index in [4.69, 9.17) is 9.47 Å². The van der Waals surface area contributed by atoms with E-state index in [0.29, 0.717) is 24.8 Å². The fourth-order valence-corrected chi connectivity index (χ4v) is 6.07. The number of carbonyl (C=O) groups is 1. The Morgan fingerprint density at radius 2 is 1.96 bits per heavy atom. The van der Waals surface area contributed by atoms with Gasteiger partial charge in [0.15, 0.2) is 0 Å². The largest absolute Gasteiger partial charge is 0.490 e. The van der Waals surface area contributed by atoms with Gasteiger partial charge in [-0.3, -0.25) is 9.69 Å². The number of carbonyl (C=O) groups excluding carboxylic acids is 1. The molecular formula is C20H30N2O3S2. The predicted molar refractivity (Wildman–Crippen MR) is 114 cm³/mol. The quantitative estimate of drug-likeness (QED) is 0.698. The average Bonchev–Trinajstić information content (AvgIpc) is 2.98. The summed E-state index contributed by atoms with van der Waals surface area (Å²) in [6.07, 6.45) is 2.34. The smallest absolute Gasteiger partial charge is 0.251 e. The zero-order valence-electron chi connectivity index (χ0n) is 16.0. The highest BCUT2D eigenvalue weighted by atomic mass is 32.2. The van der Waals surface area contributed by atoms with Crippen molar-refractivity contribution < 1.29 is 14.3 Å². The van der Waals surface area contributed by atoms with Crippen LogP contribution >= 0.6 is 23.5 Å². The number of benzene rings is 1. The second-order valence-corrected chi connectivity index (χ2v) is 9.23. The molecule has 1 aromatic rings. The second-order valence-electron chi connectivity index (χ2n) is 6.93. The summed E-state index contributed by atoms with van der Waals surface area (Å²) in [6.45, 7) is 3.23. The Morgan fingerprint density at radius 3 is 2.67 bits per heavy atom. The lowest BCUT2D eigenvalue weighted by molar-refractivity contribution is 0.0858. The number of nitrogens with zero attached hydrogens (tertiary/aromatic N) is 1. The van der Waals surface area contributed by atoms with Crippen LogP contribution in [0.5, 0.6) is 5.75 Å². The number of methoxy groups -OCH3 is 1. The van der Waals surface area contributed by atoms with Gasteiger partial charge in [0.05, 0.1) is 6.61 Å². The van der Waals surface area contributed by atoms with Crippen LogP contribution in [0.2, 0.25) is 0 Å². The first-order valence-corrected chi connectivity index (χ1v) is 12.0. The van der Waals surface area contributed by atoms with Crippen molar-refractivity contribution in [3.05, 3.63) is 29.8 Å². The average molecular weight is 411 g/mol. The predicted octanol–water partition coefficient (Wildman–Crippen LogP) is 2.75. The molecule has 2 heterocycles. The van der Waals surface area contributed by atoms with E-state index in [0.717, 1.165) is 31.7 Å². The van der Waals surface area contributed by atoms with E-state index in [-0.39, 0.29) is 12.0 Å². The topological polar surface area (TPSA) is 50.8 Å². The van der Waals surface area contributed by atoms with Crippen molar-refractivity contribution in [1.82, 2.24) is 10.2 Å². The normalized spacial score (nSPS) is 20.2. The molecule has 5 nitrogen and oxygen atoms in total. The highest BCUT2D eigenvalue weighted by Crippen LogP contribution is 2.25. The number of likely N-dealkylation sites (tertiary alicyclic amines) is 1. The van der Waals surface area contributed by atoms with Crippen LogP contribution in [0.1, 0.15) is 23.2 Å². The van der Waals surface area contributed by atoms with Gasteiger partial charge in [0.2, 0.25) is 0 Å². The lowest BCUT2D eigenvalue weighted by Crippen LogP contribution is -2.46. The standard InChI is InChI=1S/C20H30N2O3S2/c1-24-10-7-21-20(23)16-3-2-4-19(13-16)25-18-5-8-22(9-6-18)17-14-26-11-12-27-15-17/h2-4,13,17-18H,5-12,14-15H2,1H3,(H,21,23).